The van der Waals surface area contributed by atoms with Gasteiger partial charge >= 0.3 is 5.97 Å². The van der Waals surface area contributed by atoms with Crippen LogP contribution in [-0.2, 0) is 18.0 Å². The molecule has 3 aromatic carbocycles. The predicted octanol–water partition coefficient (Wildman–Crippen LogP) is 5.34. The summed E-state index contributed by atoms with van der Waals surface area (Å²) in [4.78, 5) is 13.0. The van der Waals surface area contributed by atoms with E-state index in [9.17, 15) is 4.79 Å². The number of thioether (sulfide) groups is 1. The Kier molecular flexibility index (Phi) is 5.86. The van der Waals surface area contributed by atoms with Crippen molar-refractivity contribution in [2.45, 2.75) is 18.1 Å². The molecule has 30 heavy (non-hydrogen) atoms. The van der Waals surface area contributed by atoms with Crippen molar-refractivity contribution >= 4 is 17.7 Å². The third kappa shape index (κ3) is 3.83. The molecule has 0 bridgehead atoms. The zero-order chi connectivity index (χ0) is 21.1. The van der Waals surface area contributed by atoms with Gasteiger partial charge in [-0.15, -0.1) is 11.8 Å². The van der Waals surface area contributed by atoms with Crippen LogP contribution in [0.5, 0.6) is 17.2 Å². The number of methoxy groups -OCH3 is 2. The Hall–Kier alpha value is -3.12. The second kappa shape index (κ2) is 8.71. The van der Waals surface area contributed by atoms with Crippen molar-refractivity contribution < 1.29 is 23.7 Å². The van der Waals surface area contributed by atoms with Gasteiger partial charge in [-0.2, -0.15) is 0 Å². The lowest BCUT2D eigenvalue weighted by atomic mass is 9.99. The molecule has 0 amide bonds. The Morgan fingerprint density at radius 1 is 0.967 bits per heavy atom. The molecule has 0 radical (unpaired) electrons. The van der Waals surface area contributed by atoms with Crippen LogP contribution in [0, 0.1) is 0 Å². The fourth-order valence-electron chi connectivity index (χ4n) is 3.49. The van der Waals surface area contributed by atoms with E-state index in [0.29, 0.717) is 29.4 Å². The first-order valence-corrected chi connectivity index (χ1v) is 10.7. The Morgan fingerprint density at radius 3 is 2.57 bits per heavy atom. The zero-order valence-corrected chi connectivity index (χ0v) is 17.9. The molecule has 0 saturated heterocycles. The predicted molar refractivity (Wildman–Crippen MR) is 117 cm³/mol. The number of carbonyl (C=O) groups excluding carboxylic acids is 1. The Labute approximate surface area is 179 Å². The zero-order valence-electron chi connectivity index (χ0n) is 17.1. The van der Waals surface area contributed by atoms with Crippen molar-refractivity contribution in [2.24, 2.45) is 0 Å². The Bertz CT molecular complexity index is 1090. The van der Waals surface area contributed by atoms with Crippen LogP contribution < -0.4 is 14.2 Å². The minimum Gasteiger partial charge on any atom is -0.493 e. The van der Waals surface area contributed by atoms with E-state index in [4.69, 9.17) is 18.9 Å². The first-order chi connectivity index (χ1) is 14.6. The van der Waals surface area contributed by atoms with Crippen molar-refractivity contribution in [2.75, 3.05) is 20.5 Å². The fourth-order valence-corrected chi connectivity index (χ4v) is 3.97. The number of esters is 1. The lowest BCUT2D eigenvalue weighted by Gasteiger charge is -2.18. The SMILES string of the molecule is COc1ccc(-c2ccc3c(c2)COC3=O)c(OCc2cccc(SC)c2)c1OC. The summed E-state index contributed by atoms with van der Waals surface area (Å²) < 4.78 is 22.5. The van der Waals surface area contributed by atoms with Crippen molar-refractivity contribution in [3.8, 4) is 28.4 Å². The minimum atomic E-state index is -0.283. The topological polar surface area (TPSA) is 54.0 Å². The molecule has 0 spiro atoms. The number of rotatable bonds is 7. The van der Waals surface area contributed by atoms with Gasteiger partial charge in [0.25, 0.3) is 0 Å². The highest BCUT2D eigenvalue weighted by Gasteiger charge is 2.23. The van der Waals surface area contributed by atoms with Crippen LogP contribution in [0.1, 0.15) is 21.5 Å². The van der Waals surface area contributed by atoms with Gasteiger partial charge in [0, 0.05) is 16.0 Å². The molecule has 1 aliphatic rings. The summed E-state index contributed by atoms with van der Waals surface area (Å²) >= 11 is 1.69. The van der Waals surface area contributed by atoms with Gasteiger partial charge in [0.1, 0.15) is 13.2 Å². The molecule has 3 aromatic rings. The molecule has 0 unspecified atom stereocenters. The summed E-state index contributed by atoms with van der Waals surface area (Å²) in [5.74, 6) is 1.43. The number of hydrogen-bond acceptors (Lipinski definition) is 6. The van der Waals surface area contributed by atoms with E-state index in [1.165, 1.54) is 4.90 Å². The standard InChI is InChI=1S/C24H22O5S/c1-26-21-10-9-19(16-7-8-20-17(12-16)14-29-24(20)25)22(23(21)27-2)28-13-15-5-4-6-18(11-15)30-3/h4-12H,13-14H2,1-3H3. The minimum absolute atomic E-state index is 0.283. The molecular formula is C24H22O5S. The summed E-state index contributed by atoms with van der Waals surface area (Å²) in [6.45, 7) is 0.671. The normalized spacial score (nSPS) is 12.3. The smallest absolute Gasteiger partial charge is 0.338 e. The summed E-state index contributed by atoms with van der Waals surface area (Å²) in [6.07, 6.45) is 2.05. The lowest BCUT2D eigenvalue weighted by molar-refractivity contribution is 0.0535. The van der Waals surface area contributed by atoms with Gasteiger partial charge in [0.15, 0.2) is 11.5 Å². The van der Waals surface area contributed by atoms with Gasteiger partial charge in [-0.3, -0.25) is 0 Å². The molecule has 6 heteroatoms. The Balaban J connectivity index is 1.74. The highest BCUT2D eigenvalue weighted by Crippen LogP contribution is 2.45. The van der Waals surface area contributed by atoms with Crippen molar-refractivity contribution in [3.63, 3.8) is 0 Å². The summed E-state index contributed by atoms with van der Waals surface area (Å²) in [5.41, 5.74) is 4.31. The van der Waals surface area contributed by atoms with Crippen LogP contribution in [0.4, 0.5) is 0 Å². The summed E-state index contributed by atoms with van der Waals surface area (Å²) in [7, 11) is 3.19. The monoisotopic (exact) mass is 422 g/mol. The highest BCUT2D eigenvalue weighted by molar-refractivity contribution is 7.98. The van der Waals surface area contributed by atoms with E-state index in [1.807, 2.05) is 42.7 Å². The molecule has 4 rings (SSSR count). The van der Waals surface area contributed by atoms with E-state index < -0.39 is 0 Å². The molecule has 1 aliphatic heterocycles. The summed E-state index contributed by atoms with van der Waals surface area (Å²) in [5, 5.41) is 0. The number of hydrogen-bond donors (Lipinski definition) is 0. The number of cyclic esters (lactones) is 1. The van der Waals surface area contributed by atoms with Gasteiger partial charge in [-0.25, -0.2) is 4.79 Å². The highest BCUT2D eigenvalue weighted by atomic mass is 32.2. The van der Waals surface area contributed by atoms with Gasteiger partial charge in [0.05, 0.1) is 19.8 Å². The second-order valence-electron chi connectivity index (χ2n) is 6.77. The van der Waals surface area contributed by atoms with Crippen molar-refractivity contribution in [1.82, 2.24) is 0 Å². The molecule has 0 N–H and O–H groups in total. The van der Waals surface area contributed by atoms with E-state index in [1.54, 1.807) is 32.0 Å². The number of carbonyl (C=O) groups is 1. The van der Waals surface area contributed by atoms with E-state index >= 15 is 0 Å². The van der Waals surface area contributed by atoms with Crippen LogP contribution in [-0.4, -0.2) is 26.4 Å². The maximum atomic E-state index is 11.8. The molecule has 0 fully saturated rings. The molecule has 1 heterocycles. The quantitative estimate of drug-likeness (QED) is 0.378. The molecule has 0 aromatic heterocycles. The lowest BCUT2D eigenvalue weighted by Crippen LogP contribution is -2.02. The van der Waals surface area contributed by atoms with Gasteiger partial charge in [-0.1, -0.05) is 18.2 Å². The number of fused-ring (bicyclic) bond motifs is 1. The maximum Gasteiger partial charge on any atom is 0.338 e. The third-order valence-corrected chi connectivity index (χ3v) is 5.74. The molecule has 0 saturated carbocycles. The Morgan fingerprint density at radius 2 is 1.80 bits per heavy atom. The van der Waals surface area contributed by atoms with Crippen LogP contribution in [0.2, 0.25) is 0 Å². The van der Waals surface area contributed by atoms with Crippen LogP contribution in [0.3, 0.4) is 0 Å². The molecule has 0 atom stereocenters. The van der Waals surface area contributed by atoms with Crippen LogP contribution in [0.15, 0.2) is 59.5 Å². The maximum absolute atomic E-state index is 11.8. The number of benzene rings is 3. The fraction of sp³-hybridized carbons (Fsp3) is 0.208. The average Bonchev–Trinajstić information content (AvgIpc) is 3.17. The average molecular weight is 423 g/mol. The second-order valence-corrected chi connectivity index (χ2v) is 7.65. The third-order valence-electron chi connectivity index (χ3n) is 5.01. The number of ether oxygens (including phenoxy) is 4. The first kappa shape index (κ1) is 20.2. The van der Waals surface area contributed by atoms with Gasteiger partial charge < -0.3 is 18.9 Å². The molecule has 5 nitrogen and oxygen atoms in total. The van der Waals surface area contributed by atoms with Crippen molar-refractivity contribution in [3.05, 3.63) is 71.3 Å². The van der Waals surface area contributed by atoms with Gasteiger partial charge in [0.2, 0.25) is 5.75 Å². The first-order valence-electron chi connectivity index (χ1n) is 9.45. The summed E-state index contributed by atoms with van der Waals surface area (Å²) in [6, 6.07) is 17.7. The van der Waals surface area contributed by atoms with Gasteiger partial charge in [-0.05, 0) is 53.8 Å². The van der Waals surface area contributed by atoms with E-state index in [0.717, 1.165) is 22.3 Å². The van der Waals surface area contributed by atoms with Crippen LogP contribution in [0.25, 0.3) is 11.1 Å². The molecule has 154 valence electrons. The molecule has 0 aliphatic carbocycles. The van der Waals surface area contributed by atoms with Crippen molar-refractivity contribution in [1.29, 1.82) is 0 Å². The molecular weight excluding hydrogens is 400 g/mol. The largest absolute Gasteiger partial charge is 0.493 e. The van der Waals surface area contributed by atoms with Crippen LogP contribution >= 0.6 is 11.8 Å². The van der Waals surface area contributed by atoms with E-state index in [-0.39, 0.29) is 12.6 Å². The van der Waals surface area contributed by atoms with E-state index in [2.05, 4.69) is 12.1 Å².